The molecule has 0 spiro atoms. The Balaban J connectivity index is 2.91. The fourth-order valence-corrected chi connectivity index (χ4v) is 2.70. The molecule has 1 aromatic carbocycles. The normalized spacial score (nSPS) is 13.7. The maximum atomic E-state index is 13.4. The lowest BCUT2D eigenvalue weighted by Gasteiger charge is -2.25. The number of nitrogens with one attached hydrogen (secondary N) is 2. The Kier molecular flexibility index (Phi) is 9.07. The van der Waals surface area contributed by atoms with E-state index in [9.17, 15) is 23.6 Å². The molecule has 0 aromatic heterocycles. The molecule has 28 heavy (non-hydrogen) atoms. The Morgan fingerprint density at radius 3 is 2.43 bits per heavy atom. The molecule has 0 saturated heterocycles. The van der Waals surface area contributed by atoms with Crippen molar-refractivity contribution in [2.24, 2.45) is 11.7 Å². The molecular formula is C19H26FN3O5. The minimum atomic E-state index is -1.14. The minimum Gasteiger partial charge on any atom is -0.466 e. The van der Waals surface area contributed by atoms with Crippen molar-refractivity contribution in [3.8, 4) is 0 Å². The van der Waals surface area contributed by atoms with Crippen LogP contribution in [0.2, 0.25) is 0 Å². The third-order valence-corrected chi connectivity index (χ3v) is 3.99. The van der Waals surface area contributed by atoms with Gasteiger partial charge in [-0.1, -0.05) is 19.1 Å². The molecule has 0 aliphatic rings. The number of rotatable bonds is 10. The zero-order valence-electron chi connectivity index (χ0n) is 16.2. The second-order valence-corrected chi connectivity index (χ2v) is 6.46. The highest BCUT2D eigenvalue weighted by molar-refractivity contribution is 5.91. The lowest BCUT2D eigenvalue weighted by molar-refractivity contribution is -0.145. The van der Waals surface area contributed by atoms with Gasteiger partial charge in [0.15, 0.2) is 0 Å². The fraction of sp³-hybridized carbons (Fsp3) is 0.474. The summed E-state index contributed by atoms with van der Waals surface area (Å²) in [4.78, 5) is 47.5. The van der Waals surface area contributed by atoms with Crippen molar-refractivity contribution in [1.82, 2.24) is 10.6 Å². The highest BCUT2D eigenvalue weighted by atomic mass is 19.1. The van der Waals surface area contributed by atoms with Gasteiger partial charge in [-0.3, -0.25) is 19.2 Å². The van der Waals surface area contributed by atoms with Gasteiger partial charge in [-0.25, -0.2) is 4.39 Å². The van der Waals surface area contributed by atoms with E-state index >= 15 is 0 Å². The van der Waals surface area contributed by atoms with Crippen LogP contribution in [0.1, 0.15) is 32.8 Å². The van der Waals surface area contributed by atoms with Gasteiger partial charge in [0.2, 0.25) is 17.7 Å². The summed E-state index contributed by atoms with van der Waals surface area (Å²) >= 11 is 0. The number of hydrogen-bond donors (Lipinski definition) is 3. The van der Waals surface area contributed by atoms with Crippen LogP contribution in [0.3, 0.4) is 0 Å². The molecule has 3 amide bonds. The summed E-state index contributed by atoms with van der Waals surface area (Å²) in [5, 5.41) is 4.95. The standard InChI is InChI=1S/C19H26FN3O5/c1-4-28-16(25)8-11(2)17(18(21)26)23-19(27)15(22-12(3)24)10-13-6-5-7-14(20)9-13/h5-7,9,11,15,17H,4,8,10H2,1-3H3,(H2,21,26)(H,22,24)(H,23,27)/t11-,15-,17+/m1/s1. The van der Waals surface area contributed by atoms with Crippen LogP contribution in [0.4, 0.5) is 4.39 Å². The predicted molar refractivity (Wildman–Crippen MR) is 99.2 cm³/mol. The van der Waals surface area contributed by atoms with Crippen molar-refractivity contribution < 1.29 is 28.3 Å². The van der Waals surface area contributed by atoms with Crippen molar-refractivity contribution in [2.45, 2.75) is 45.7 Å². The Morgan fingerprint density at radius 2 is 1.89 bits per heavy atom. The molecule has 4 N–H and O–H groups in total. The van der Waals surface area contributed by atoms with Crippen LogP contribution in [-0.2, 0) is 30.3 Å². The van der Waals surface area contributed by atoms with Gasteiger partial charge >= 0.3 is 5.97 Å². The smallest absolute Gasteiger partial charge is 0.306 e. The summed E-state index contributed by atoms with van der Waals surface area (Å²) in [6, 6.07) is 3.42. The Hall–Kier alpha value is -2.97. The Labute approximate surface area is 163 Å². The van der Waals surface area contributed by atoms with Crippen molar-refractivity contribution >= 4 is 23.7 Å². The van der Waals surface area contributed by atoms with Gasteiger partial charge in [0.1, 0.15) is 17.9 Å². The van der Waals surface area contributed by atoms with Crippen molar-refractivity contribution in [3.05, 3.63) is 35.6 Å². The average Bonchev–Trinajstić information content (AvgIpc) is 2.58. The fourth-order valence-electron chi connectivity index (χ4n) is 2.70. The number of carbonyl (C=O) groups excluding carboxylic acids is 4. The number of benzene rings is 1. The molecule has 0 aliphatic carbocycles. The first-order valence-electron chi connectivity index (χ1n) is 8.90. The molecule has 0 radical (unpaired) electrons. The third-order valence-electron chi connectivity index (χ3n) is 3.99. The van der Waals surface area contributed by atoms with Gasteiger partial charge in [-0.15, -0.1) is 0 Å². The zero-order chi connectivity index (χ0) is 21.3. The summed E-state index contributed by atoms with van der Waals surface area (Å²) in [6.07, 6.45) is -0.0999. The monoisotopic (exact) mass is 395 g/mol. The minimum absolute atomic E-state index is 0.0148. The molecule has 1 rings (SSSR count). The Bertz CT molecular complexity index is 725. The highest BCUT2D eigenvalue weighted by Crippen LogP contribution is 2.12. The molecule has 9 heteroatoms. The van der Waals surface area contributed by atoms with Gasteiger partial charge in [0.05, 0.1) is 13.0 Å². The maximum absolute atomic E-state index is 13.4. The molecule has 3 atom stereocenters. The first-order valence-corrected chi connectivity index (χ1v) is 8.90. The van der Waals surface area contributed by atoms with Gasteiger partial charge < -0.3 is 21.1 Å². The quantitative estimate of drug-likeness (QED) is 0.495. The van der Waals surface area contributed by atoms with Crippen LogP contribution in [-0.4, -0.2) is 42.4 Å². The number of amides is 3. The van der Waals surface area contributed by atoms with E-state index in [4.69, 9.17) is 10.5 Å². The van der Waals surface area contributed by atoms with E-state index in [2.05, 4.69) is 10.6 Å². The van der Waals surface area contributed by atoms with Crippen molar-refractivity contribution in [1.29, 1.82) is 0 Å². The molecule has 0 bridgehead atoms. The average molecular weight is 395 g/mol. The second-order valence-electron chi connectivity index (χ2n) is 6.46. The summed E-state index contributed by atoms with van der Waals surface area (Å²) in [6.45, 7) is 4.66. The molecule has 1 aromatic rings. The first kappa shape index (κ1) is 23.1. The summed E-state index contributed by atoms with van der Waals surface area (Å²) in [5.41, 5.74) is 5.86. The van der Waals surface area contributed by atoms with E-state index < -0.39 is 47.5 Å². The van der Waals surface area contributed by atoms with Gasteiger partial charge in [-0.05, 0) is 30.5 Å². The molecule has 154 valence electrons. The molecule has 0 heterocycles. The summed E-state index contributed by atoms with van der Waals surface area (Å²) < 4.78 is 18.2. The third kappa shape index (κ3) is 7.73. The van der Waals surface area contributed by atoms with Crippen LogP contribution >= 0.6 is 0 Å². The number of ether oxygens (including phenoxy) is 1. The van der Waals surface area contributed by atoms with E-state index in [0.29, 0.717) is 5.56 Å². The molecule has 0 fully saturated rings. The van der Waals surface area contributed by atoms with Crippen LogP contribution in [0.25, 0.3) is 0 Å². The van der Waals surface area contributed by atoms with Gasteiger partial charge in [0, 0.05) is 13.3 Å². The molecule has 0 aliphatic heterocycles. The number of esters is 1. The van der Waals surface area contributed by atoms with Crippen LogP contribution in [0.15, 0.2) is 24.3 Å². The molecular weight excluding hydrogens is 369 g/mol. The zero-order valence-corrected chi connectivity index (χ0v) is 16.2. The highest BCUT2D eigenvalue weighted by Gasteiger charge is 2.30. The van der Waals surface area contributed by atoms with E-state index in [1.807, 2.05) is 0 Å². The molecule has 8 nitrogen and oxygen atoms in total. The number of halogens is 1. The Morgan fingerprint density at radius 1 is 1.21 bits per heavy atom. The number of primary amides is 1. The van der Waals surface area contributed by atoms with Crippen LogP contribution in [0.5, 0.6) is 0 Å². The summed E-state index contributed by atoms with van der Waals surface area (Å²) in [7, 11) is 0. The van der Waals surface area contributed by atoms with Crippen LogP contribution in [0, 0.1) is 11.7 Å². The van der Waals surface area contributed by atoms with E-state index in [-0.39, 0.29) is 19.4 Å². The first-order chi connectivity index (χ1) is 13.1. The number of hydrogen-bond acceptors (Lipinski definition) is 5. The number of nitrogens with two attached hydrogens (primary N) is 1. The molecule has 0 saturated carbocycles. The van der Waals surface area contributed by atoms with E-state index in [1.165, 1.54) is 25.1 Å². The number of carbonyl (C=O) groups is 4. The predicted octanol–water partition coefficient (Wildman–Crippen LogP) is 0.432. The second kappa shape index (κ2) is 11.0. The largest absolute Gasteiger partial charge is 0.466 e. The maximum Gasteiger partial charge on any atom is 0.306 e. The lowest BCUT2D eigenvalue weighted by Crippen LogP contribution is -2.55. The van der Waals surface area contributed by atoms with Crippen molar-refractivity contribution in [3.63, 3.8) is 0 Å². The van der Waals surface area contributed by atoms with E-state index in [0.717, 1.165) is 0 Å². The van der Waals surface area contributed by atoms with Crippen molar-refractivity contribution in [2.75, 3.05) is 6.61 Å². The lowest BCUT2D eigenvalue weighted by atomic mass is 9.96. The van der Waals surface area contributed by atoms with Crippen LogP contribution < -0.4 is 16.4 Å². The SMILES string of the molecule is CCOC(=O)C[C@@H](C)[C@H](NC(=O)[C@@H](Cc1cccc(F)c1)NC(C)=O)C(N)=O. The topological polar surface area (TPSA) is 128 Å². The molecule has 0 unspecified atom stereocenters. The van der Waals surface area contributed by atoms with Gasteiger partial charge in [0.25, 0.3) is 0 Å². The summed E-state index contributed by atoms with van der Waals surface area (Å²) in [5.74, 6) is -3.57. The van der Waals surface area contributed by atoms with E-state index in [1.54, 1.807) is 19.9 Å². The van der Waals surface area contributed by atoms with Gasteiger partial charge in [-0.2, -0.15) is 0 Å².